The van der Waals surface area contributed by atoms with Crippen molar-refractivity contribution in [1.82, 2.24) is 10.2 Å². The summed E-state index contributed by atoms with van der Waals surface area (Å²) in [7, 11) is -2.30. The summed E-state index contributed by atoms with van der Waals surface area (Å²) in [6.07, 6.45) is 0.378. The van der Waals surface area contributed by atoms with Crippen molar-refractivity contribution >= 4 is 27.5 Å². The molecule has 0 saturated carbocycles. The molecule has 10 heteroatoms. The first kappa shape index (κ1) is 25.4. The number of nitrogens with one attached hydrogen (secondary N) is 1. The number of carbonyl (C=O) groups excluding carboxylic acids is 2. The number of sulfonamides is 1. The van der Waals surface area contributed by atoms with E-state index in [-0.39, 0.29) is 18.2 Å². The van der Waals surface area contributed by atoms with Crippen molar-refractivity contribution in [2.24, 2.45) is 0 Å². The first-order valence-electron chi connectivity index (χ1n) is 11.3. The van der Waals surface area contributed by atoms with Gasteiger partial charge >= 0.3 is 0 Å². The monoisotopic (exact) mass is 489 g/mol. The molecular formula is C24H31N3O6S. The standard InChI is InChI=1S/C24H31N3O6S/c1-4-20(24(29)25-3)26(16-18-9-7-6-8-10-18)23(28)17-27(34(30,31)5-2)19-11-12-21-22(15-19)33-14-13-32-21/h6-12,15,20H,4-5,13-14,16-17H2,1-3H3,(H,25,29)/t20-/m0/s1. The molecule has 1 heterocycles. The minimum Gasteiger partial charge on any atom is -0.486 e. The quantitative estimate of drug-likeness (QED) is 0.548. The number of ether oxygens (including phenoxy) is 2. The third-order valence-electron chi connectivity index (χ3n) is 5.62. The van der Waals surface area contributed by atoms with Crippen molar-refractivity contribution in [3.05, 3.63) is 54.1 Å². The molecular weight excluding hydrogens is 458 g/mol. The van der Waals surface area contributed by atoms with Gasteiger partial charge in [-0.15, -0.1) is 0 Å². The predicted octanol–water partition coefficient (Wildman–Crippen LogP) is 2.17. The van der Waals surface area contributed by atoms with Gasteiger partial charge in [-0.1, -0.05) is 37.3 Å². The fourth-order valence-corrected chi connectivity index (χ4v) is 4.83. The summed E-state index contributed by atoms with van der Waals surface area (Å²) >= 11 is 0. The average Bonchev–Trinajstić information content (AvgIpc) is 2.87. The molecule has 0 radical (unpaired) electrons. The molecule has 2 aromatic rings. The summed E-state index contributed by atoms with van der Waals surface area (Å²) in [6.45, 7) is 3.82. The molecule has 3 rings (SSSR count). The summed E-state index contributed by atoms with van der Waals surface area (Å²) in [4.78, 5) is 27.6. The lowest BCUT2D eigenvalue weighted by molar-refractivity contribution is -0.140. The van der Waals surface area contributed by atoms with Crippen LogP contribution >= 0.6 is 0 Å². The molecule has 9 nitrogen and oxygen atoms in total. The summed E-state index contributed by atoms with van der Waals surface area (Å²) in [5.74, 6) is -0.0423. The van der Waals surface area contributed by atoms with Crippen LogP contribution in [0, 0.1) is 0 Å². The maximum Gasteiger partial charge on any atom is 0.244 e. The van der Waals surface area contributed by atoms with Gasteiger partial charge in [0.1, 0.15) is 25.8 Å². The third kappa shape index (κ3) is 5.80. The van der Waals surface area contributed by atoms with Crippen molar-refractivity contribution in [1.29, 1.82) is 0 Å². The van der Waals surface area contributed by atoms with Gasteiger partial charge in [-0.25, -0.2) is 8.42 Å². The van der Waals surface area contributed by atoms with Crippen LogP contribution < -0.4 is 19.1 Å². The number of carbonyl (C=O) groups is 2. The fraction of sp³-hybridized carbons (Fsp3) is 0.417. The normalized spacial score (nSPS) is 13.6. The largest absolute Gasteiger partial charge is 0.486 e. The first-order valence-corrected chi connectivity index (χ1v) is 12.9. The number of hydrogen-bond acceptors (Lipinski definition) is 6. The zero-order valence-electron chi connectivity index (χ0n) is 19.7. The Hall–Kier alpha value is -3.27. The SMILES string of the molecule is CC[C@@H](C(=O)NC)N(Cc1ccccc1)C(=O)CN(c1ccc2c(c1)OCCO2)S(=O)(=O)CC. The van der Waals surface area contributed by atoms with Crippen molar-refractivity contribution in [2.75, 3.05) is 36.9 Å². The van der Waals surface area contributed by atoms with Gasteiger partial charge in [0.15, 0.2) is 11.5 Å². The van der Waals surface area contributed by atoms with Crippen LogP contribution in [-0.4, -0.2) is 63.7 Å². The van der Waals surface area contributed by atoms with E-state index in [4.69, 9.17) is 9.47 Å². The van der Waals surface area contributed by atoms with Crippen LogP contribution in [0.3, 0.4) is 0 Å². The van der Waals surface area contributed by atoms with E-state index in [0.29, 0.717) is 36.8 Å². The summed E-state index contributed by atoms with van der Waals surface area (Å²) < 4.78 is 38.2. The molecule has 2 amide bonds. The molecule has 0 unspecified atom stereocenters. The predicted molar refractivity (Wildman–Crippen MR) is 129 cm³/mol. The lowest BCUT2D eigenvalue weighted by Gasteiger charge is -2.33. The van der Waals surface area contributed by atoms with E-state index in [9.17, 15) is 18.0 Å². The molecule has 184 valence electrons. The number of likely N-dealkylation sites (N-methyl/N-ethyl adjacent to an activating group) is 1. The second-order valence-electron chi connectivity index (χ2n) is 7.78. The number of nitrogens with zero attached hydrogens (tertiary/aromatic N) is 2. The third-order valence-corrected chi connectivity index (χ3v) is 7.36. The Morgan fingerprint density at radius 3 is 2.32 bits per heavy atom. The molecule has 0 spiro atoms. The van der Waals surface area contributed by atoms with Crippen LogP contribution in [0.15, 0.2) is 48.5 Å². The van der Waals surface area contributed by atoms with E-state index in [0.717, 1.165) is 9.87 Å². The minimum atomic E-state index is -3.81. The van der Waals surface area contributed by atoms with Gasteiger partial charge in [-0.3, -0.25) is 13.9 Å². The van der Waals surface area contributed by atoms with E-state index >= 15 is 0 Å². The Labute approximate surface area is 200 Å². The topological polar surface area (TPSA) is 105 Å². The van der Waals surface area contributed by atoms with E-state index in [1.165, 1.54) is 18.9 Å². The van der Waals surface area contributed by atoms with E-state index < -0.39 is 28.5 Å². The van der Waals surface area contributed by atoms with Crippen molar-refractivity contribution in [3.8, 4) is 11.5 Å². The smallest absolute Gasteiger partial charge is 0.244 e. The van der Waals surface area contributed by atoms with Crippen LogP contribution in [0.5, 0.6) is 11.5 Å². The molecule has 0 saturated heterocycles. The zero-order chi connectivity index (χ0) is 24.7. The van der Waals surface area contributed by atoms with Crippen molar-refractivity contribution < 1.29 is 27.5 Å². The molecule has 1 aliphatic heterocycles. The van der Waals surface area contributed by atoms with Crippen LogP contribution in [0.1, 0.15) is 25.8 Å². The maximum atomic E-state index is 13.6. The van der Waals surface area contributed by atoms with Crippen LogP contribution in [0.2, 0.25) is 0 Å². The molecule has 34 heavy (non-hydrogen) atoms. The fourth-order valence-electron chi connectivity index (χ4n) is 3.77. The molecule has 0 fully saturated rings. The highest BCUT2D eigenvalue weighted by Crippen LogP contribution is 2.35. The molecule has 1 atom stereocenters. The highest BCUT2D eigenvalue weighted by atomic mass is 32.2. The molecule has 0 aliphatic carbocycles. The molecule has 0 bridgehead atoms. The summed E-state index contributed by atoms with van der Waals surface area (Å²) in [6, 6.07) is 13.3. The summed E-state index contributed by atoms with van der Waals surface area (Å²) in [5, 5.41) is 2.60. The number of fused-ring (bicyclic) bond motifs is 1. The maximum absolute atomic E-state index is 13.6. The van der Waals surface area contributed by atoms with E-state index in [1.807, 2.05) is 37.3 Å². The lowest BCUT2D eigenvalue weighted by atomic mass is 10.1. The summed E-state index contributed by atoms with van der Waals surface area (Å²) in [5.41, 5.74) is 1.13. The number of rotatable bonds is 10. The minimum absolute atomic E-state index is 0.173. The zero-order valence-corrected chi connectivity index (χ0v) is 20.5. The number of hydrogen-bond donors (Lipinski definition) is 1. The van der Waals surface area contributed by atoms with Gasteiger partial charge in [0, 0.05) is 19.7 Å². The highest BCUT2D eigenvalue weighted by molar-refractivity contribution is 7.92. The number of benzene rings is 2. The van der Waals surface area contributed by atoms with Gasteiger partial charge in [0.05, 0.1) is 11.4 Å². The van der Waals surface area contributed by atoms with Crippen molar-refractivity contribution in [2.45, 2.75) is 32.9 Å². The Morgan fingerprint density at radius 2 is 1.71 bits per heavy atom. The molecule has 1 N–H and O–H groups in total. The second kappa shape index (κ2) is 11.2. The van der Waals surface area contributed by atoms with Crippen LogP contribution in [0.25, 0.3) is 0 Å². The number of amides is 2. The van der Waals surface area contributed by atoms with Gasteiger partial charge in [0.25, 0.3) is 0 Å². The average molecular weight is 490 g/mol. The molecule has 1 aliphatic rings. The first-order chi connectivity index (χ1) is 16.3. The van der Waals surface area contributed by atoms with Gasteiger partial charge in [0.2, 0.25) is 21.8 Å². The Balaban J connectivity index is 1.96. The molecule has 0 aromatic heterocycles. The Morgan fingerprint density at radius 1 is 1.03 bits per heavy atom. The Bertz CT molecular complexity index is 1110. The van der Waals surface area contributed by atoms with E-state index in [2.05, 4.69) is 5.32 Å². The number of anilines is 1. The molecule has 2 aromatic carbocycles. The van der Waals surface area contributed by atoms with Gasteiger partial charge in [-0.05, 0) is 31.0 Å². The second-order valence-corrected chi connectivity index (χ2v) is 9.96. The van der Waals surface area contributed by atoms with Crippen LogP contribution in [-0.2, 0) is 26.2 Å². The Kier molecular flexibility index (Phi) is 8.38. The van der Waals surface area contributed by atoms with Gasteiger partial charge < -0.3 is 19.7 Å². The van der Waals surface area contributed by atoms with Gasteiger partial charge in [-0.2, -0.15) is 0 Å². The van der Waals surface area contributed by atoms with Crippen LogP contribution in [0.4, 0.5) is 5.69 Å². The highest BCUT2D eigenvalue weighted by Gasteiger charge is 2.32. The van der Waals surface area contributed by atoms with Crippen molar-refractivity contribution in [3.63, 3.8) is 0 Å². The van der Waals surface area contributed by atoms with E-state index in [1.54, 1.807) is 18.2 Å². The lowest BCUT2D eigenvalue weighted by Crippen LogP contribution is -2.52.